The molecule has 0 heterocycles. The van der Waals surface area contributed by atoms with Gasteiger partial charge in [-0.15, -0.1) is 0 Å². The predicted molar refractivity (Wildman–Crippen MR) is 79.9 cm³/mol. The highest BCUT2D eigenvalue weighted by molar-refractivity contribution is 6.35. The van der Waals surface area contributed by atoms with Crippen LogP contribution in [0.5, 0.6) is 5.75 Å². The molecule has 4 nitrogen and oxygen atoms in total. The van der Waals surface area contributed by atoms with Gasteiger partial charge in [-0.25, -0.2) is 0 Å². The molecule has 0 saturated heterocycles. The van der Waals surface area contributed by atoms with Crippen LogP contribution in [0.4, 0.5) is 0 Å². The van der Waals surface area contributed by atoms with Crippen LogP contribution in [0.25, 0.3) is 0 Å². The van der Waals surface area contributed by atoms with E-state index in [2.05, 4.69) is 10.2 Å². The van der Waals surface area contributed by atoms with E-state index in [1.165, 1.54) is 6.21 Å². The van der Waals surface area contributed by atoms with Crippen molar-refractivity contribution in [2.75, 3.05) is 7.11 Å². The van der Waals surface area contributed by atoms with E-state index in [1.807, 2.05) is 30.3 Å². The SMILES string of the molecule is COc1cccc(C=NN=CC(=O)c2ccccc2)c1. The zero-order valence-corrected chi connectivity index (χ0v) is 11.1. The average Bonchev–Trinajstić information content (AvgIpc) is 2.52. The maximum absolute atomic E-state index is 11.7. The second-order valence-electron chi connectivity index (χ2n) is 4.00. The number of Topliss-reactive ketones (excluding diaryl/α,β-unsaturated/α-hetero) is 1. The number of benzene rings is 2. The lowest BCUT2D eigenvalue weighted by Gasteiger charge is -1.98. The molecule has 0 aliphatic carbocycles. The molecule has 0 fully saturated rings. The molecular weight excluding hydrogens is 252 g/mol. The van der Waals surface area contributed by atoms with E-state index < -0.39 is 0 Å². The molecule has 2 rings (SSSR count). The van der Waals surface area contributed by atoms with Gasteiger partial charge in [0, 0.05) is 5.56 Å². The van der Waals surface area contributed by atoms with E-state index in [9.17, 15) is 4.79 Å². The Morgan fingerprint density at radius 2 is 1.85 bits per heavy atom. The summed E-state index contributed by atoms with van der Waals surface area (Å²) >= 11 is 0. The van der Waals surface area contributed by atoms with Gasteiger partial charge in [-0.1, -0.05) is 42.5 Å². The monoisotopic (exact) mass is 266 g/mol. The lowest BCUT2D eigenvalue weighted by molar-refractivity contribution is 0.107. The van der Waals surface area contributed by atoms with Crippen molar-refractivity contribution in [3.8, 4) is 5.75 Å². The summed E-state index contributed by atoms with van der Waals surface area (Å²) < 4.78 is 5.10. The Morgan fingerprint density at radius 1 is 1.05 bits per heavy atom. The maximum Gasteiger partial charge on any atom is 0.205 e. The number of hydrogen-bond acceptors (Lipinski definition) is 4. The number of carbonyl (C=O) groups is 1. The molecule has 0 amide bonds. The first-order chi connectivity index (χ1) is 9.79. The van der Waals surface area contributed by atoms with E-state index in [0.717, 1.165) is 11.3 Å². The van der Waals surface area contributed by atoms with Gasteiger partial charge >= 0.3 is 0 Å². The maximum atomic E-state index is 11.7. The second-order valence-corrected chi connectivity index (χ2v) is 4.00. The van der Waals surface area contributed by atoms with Crippen LogP contribution in [0.2, 0.25) is 0 Å². The van der Waals surface area contributed by atoms with Gasteiger partial charge in [0.2, 0.25) is 5.78 Å². The normalized spacial score (nSPS) is 11.1. The van der Waals surface area contributed by atoms with Crippen molar-refractivity contribution in [1.29, 1.82) is 0 Å². The highest BCUT2D eigenvalue weighted by atomic mass is 16.5. The van der Waals surface area contributed by atoms with Crippen molar-refractivity contribution in [2.24, 2.45) is 10.2 Å². The minimum atomic E-state index is -0.173. The van der Waals surface area contributed by atoms with Gasteiger partial charge in [-0.2, -0.15) is 10.2 Å². The van der Waals surface area contributed by atoms with Gasteiger partial charge in [0.25, 0.3) is 0 Å². The molecule has 0 aliphatic heterocycles. The van der Waals surface area contributed by atoms with Gasteiger partial charge in [0.1, 0.15) is 5.75 Å². The number of methoxy groups -OCH3 is 1. The zero-order chi connectivity index (χ0) is 14.2. The number of ether oxygens (including phenoxy) is 1. The lowest BCUT2D eigenvalue weighted by atomic mass is 10.1. The summed E-state index contributed by atoms with van der Waals surface area (Å²) in [4.78, 5) is 11.7. The standard InChI is InChI=1S/C16H14N2O2/c1-20-15-9-5-6-13(10-15)11-17-18-12-16(19)14-7-3-2-4-8-14/h2-12H,1H3. The molecule has 0 unspecified atom stereocenters. The van der Waals surface area contributed by atoms with Crippen molar-refractivity contribution < 1.29 is 9.53 Å². The summed E-state index contributed by atoms with van der Waals surface area (Å²) in [6.07, 6.45) is 2.77. The number of carbonyl (C=O) groups excluding carboxylic acids is 1. The van der Waals surface area contributed by atoms with Crippen LogP contribution in [0.15, 0.2) is 64.8 Å². The summed E-state index contributed by atoms with van der Waals surface area (Å²) in [5.74, 6) is 0.576. The minimum absolute atomic E-state index is 0.173. The minimum Gasteiger partial charge on any atom is -0.497 e. The molecule has 0 atom stereocenters. The molecule has 0 saturated carbocycles. The quantitative estimate of drug-likeness (QED) is 0.474. The Hall–Kier alpha value is -2.75. The van der Waals surface area contributed by atoms with Crippen molar-refractivity contribution in [3.05, 3.63) is 65.7 Å². The third-order valence-electron chi connectivity index (χ3n) is 2.60. The van der Waals surface area contributed by atoms with E-state index in [4.69, 9.17) is 4.74 Å². The van der Waals surface area contributed by atoms with Crippen LogP contribution in [0.3, 0.4) is 0 Å². The first kappa shape index (κ1) is 13.7. The molecule has 0 aromatic heterocycles. The Kier molecular flexibility index (Phi) is 4.78. The first-order valence-corrected chi connectivity index (χ1v) is 6.09. The van der Waals surface area contributed by atoms with Crippen LogP contribution in [0, 0.1) is 0 Å². The molecule has 0 spiro atoms. The summed E-state index contributed by atoms with van der Waals surface area (Å²) in [6, 6.07) is 16.4. The topological polar surface area (TPSA) is 51.0 Å². The number of nitrogens with zero attached hydrogens (tertiary/aromatic N) is 2. The Morgan fingerprint density at radius 3 is 2.60 bits per heavy atom. The number of ketones is 1. The van der Waals surface area contributed by atoms with Crippen LogP contribution >= 0.6 is 0 Å². The summed E-state index contributed by atoms with van der Waals surface area (Å²) in [7, 11) is 1.60. The highest BCUT2D eigenvalue weighted by Crippen LogP contribution is 2.10. The van der Waals surface area contributed by atoms with E-state index >= 15 is 0 Å². The molecule has 0 aliphatic rings. The largest absolute Gasteiger partial charge is 0.497 e. The highest BCUT2D eigenvalue weighted by Gasteiger charge is 1.99. The molecule has 0 radical (unpaired) electrons. The van der Waals surface area contributed by atoms with Gasteiger partial charge in [0.05, 0.1) is 19.5 Å². The predicted octanol–water partition coefficient (Wildman–Crippen LogP) is 2.98. The lowest BCUT2D eigenvalue weighted by Crippen LogP contribution is -1.98. The zero-order valence-electron chi connectivity index (χ0n) is 11.1. The Bertz CT molecular complexity index is 634. The number of hydrogen-bond donors (Lipinski definition) is 0. The number of rotatable bonds is 5. The van der Waals surface area contributed by atoms with E-state index in [1.54, 1.807) is 37.6 Å². The molecular formula is C16H14N2O2. The fourth-order valence-corrected chi connectivity index (χ4v) is 1.58. The third-order valence-corrected chi connectivity index (χ3v) is 2.60. The molecule has 2 aromatic rings. The van der Waals surface area contributed by atoms with Crippen molar-refractivity contribution >= 4 is 18.2 Å². The molecule has 20 heavy (non-hydrogen) atoms. The van der Waals surface area contributed by atoms with Crippen molar-refractivity contribution in [3.63, 3.8) is 0 Å². The van der Waals surface area contributed by atoms with Crippen molar-refractivity contribution in [1.82, 2.24) is 0 Å². The molecule has 100 valence electrons. The fourth-order valence-electron chi connectivity index (χ4n) is 1.58. The summed E-state index contributed by atoms with van der Waals surface area (Å²) in [6.45, 7) is 0. The third kappa shape index (κ3) is 3.88. The first-order valence-electron chi connectivity index (χ1n) is 6.09. The summed E-state index contributed by atoms with van der Waals surface area (Å²) in [5.41, 5.74) is 1.45. The van der Waals surface area contributed by atoms with Crippen molar-refractivity contribution in [2.45, 2.75) is 0 Å². The molecule has 4 heteroatoms. The van der Waals surface area contributed by atoms with Crippen LogP contribution in [-0.2, 0) is 0 Å². The Labute approximate surface area is 117 Å². The van der Waals surface area contributed by atoms with E-state index in [0.29, 0.717) is 5.56 Å². The summed E-state index contributed by atoms with van der Waals surface area (Å²) in [5, 5.41) is 7.60. The van der Waals surface area contributed by atoms with Crippen LogP contribution < -0.4 is 4.74 Å². The second kappa shape index (κ2) is 6.99. The average molecular weight is 266 g/mol. The Balaban J connectivity index is 1.99. The molecule has 2 aromatic carbocycles. The van der Waals surface area contributed by atoms with Gasteiger partial charge < -0.3 is 4.74 Å². The van der Waals surface area contributed by atoms with Gasteiger partial charge in [0.15, 0.2) is 0 Å². The van der Waals surface area contributed by atoms with Gasteiger partial charge in [-0.05, 0) is 17.7 Å². The van der Waals surface area contributed by atoms with Crippen LogP contribution in [0.1, 0.15) is 15.9 Å². The van der Waals surface area contributed by atoms with Gasteiger partial charge in [-0.3, -0.25) is 4.79 Å². The molecule has 0 N–H and O–H groups in total. The van der Waals surface area contributed by atoms with E-state index in [-0.39, 0.29) is 5.78 Å². The fraction of sp³-hybridized carbons (Fsp3) is 0.0625. The van der Waals surface area contributed by atoms with Crippen LogP contribution in [-0.4, -0.2) is 25.3 Å². The smallest absolute Gasteiger partial charge is 0.205 e. The molecule has 0 bridgehead atoms.